The summed E-state index contributed by atoms with van der Waals surface area (Å²) < 4.78 is 0. The zero-order chi connectivity index (χ0) is 16.8. The normalized spacial score (nSPS) is 21.8. The van der Waals surface area contributed by atoms with Crippen LogP contribution in [0.1, 0.15) is 56.9 Å². The Morgan fingerprint density at radius 1 is 1.04 bits per heavy atom. The standard InChI is InChI=1S/C21H30N2O/c22-20(24)21(18-10-4-1-5-11-18,19-12-6-2-7-13-19)14-17-23-15-8-3-9-16-23/h1,4-5,10-12H,2-3,6-9,13-17H2,(H2,22,24). The van der Waals surface area contributed by atoms with Crippen molar-refractivity contribution in [3.05, 3.63) is 47.5 Å². The Hall–Kier alpha value is -1.61. The summed E-state index contributed by atoms with van der Waals surface area (Å²) >= 11 is 0. The SMILES string of the molecule is NC(=O)C(CCN1CCCCC1)(C1=CCCCC1)c1ccccc1. The topological polar surface area (TPSA) is 46.3 Å². The fourth-order valence-corrected chi connectivity index (χ4v) is 4.37. The summed E-state index contributed by atoms with van der Waals surface area (Å²) in [7, 11) is 0. The predicted octanol–water partition coefficient (Wildman–Crippen LogP) is 3.79. The number of carbonyl (C=O) groups excluding carboxylic acids is 1. The Morgan fingerprint density at radius 3 is 2.42 bits per heavy atom. The van der Waals surface area contributed by atoms with Gasteiger partial charge in [0.2, 0.25) is 5.91 Å². The van der Waals surface area contributed by atoms with E-state index in [0.717, 1.165) is 50.9 Å². The number of hydrogen-bond acceptors (Lipinski definition) is 2. The Bertz CT molecular complexity index is 575. The molecule has 1 fully saturated rings. The zero-order valence-corrected chi connectivity index (χ0v) is 14.7. The maximum absolute atomic E-state index is 12.8. The molecular weight excluding hydrogens is 296 g/mol. The third-order valence-corrected chi connectivity index (χ3v) is 5.78. The molecule has 1 aliphatic heterocycles. The molecule has 1 heterocycles. The zero-order valence-electron chi connectivity index (χ0n) is 14.7. The lowest BCUT2D eigenvalue weighted by molar-refractivity contribution is -0.122. The maximum atomic E-state index is 12.8. The van der Waals surface area contributed by atoms with Crippen molar-refractivity contribution in [1.29, 1.82) is 0 Å². The van der Waals surface area contributed by atoms with Crippen LogP contribution in [0.25, 0.3) is 0 Å². The van der Waals surface area contributed by atoms with Crippen LogP contribution in [-0.4, -0.2) is 30.4 Å². The van der Waals surface area contributed by atoms with Gasteiger partial charge in [-0.3, -0.25) is 4.79 Å². The quantitative estimate of drug-likeness (QED) is 0.809. The van der Waals surface area contributed by atoms with Crippen LogP contribution >= 0.6 is 0 Å². The molecule has 3 rings (SSSR count). The highest BCUT2D eigenvalue weighted by atomic mass is 16.1. The second-order valence-corrected chi connectivity index (χ2v) is 7.26. The highest BCUT2D eigenvalue weighted by Gasteiger charge is 2.42. The van der Waals surface area contributed by atoms with Gasteiger partial charge >= 0.3 is 0 Å². The monoisotopic (exact) mass is 326 g/mol. The molecular formula is C21H30N2O. The van der Waals surface area contributed by atoms with E-state index in [4.69, 9.17) is 5.73 Å². The van der Waals surface area contributed by atoms with Crippen molar-refractivity contribution < 1.29 is 4.79 Å². The highest BCUT2D eigenvalue weighted by Crippen LogP contribution is 2.40. The van der Waals surface area contributed by atoms with Crippen LogP contribution in [0.2, 0.25) is 0 Å². The van der Waals surface area contributed by atoms with Crippen LogP contribution in [0.5, 0.6) is 0 Å². The first-order valence-corrected chi connectivity index (χ1v) is 9.51. The average molecular weight is 326 g/mol. The van der Waals surface area contributed by atoms with Gasteiger partial charge in [-0.25, -0.2) is 0 Å². The van der Waals surface area contributed by atoms with Crippen LogP contribution in [-0.2, 0) is 10.2 Å². The van der Waals surface area contributed by atoms with Crippen LogP contribution in [0.15, 0.2) is 42.0 Å². The van der Waals surface area contributed by atoms with Gasteiger partial charge in [-0.1, -0.05) is 48.4 Å². The number of rotatable bonds is 6. The van der Waals surface area contributed by atoms with Crippen molar-refractivity contribution in [2.45, 2.75) is 56.8 Å². The molecule has 0 bridgehead atoms. The molecule has 130 valence electrons. The largest absolute Gasteiger partial charge is 0.369 e. The Labute approximate surface area is 145 Å². The Morgan fingerprint density at radius 2 is 1.79 bits per heavy atom. The van der Waals surface area contributed by atoms with Crippen molar-refractivity contribution in [2.24, 2.45) is 5.73 Å². The number of benzene rings is 1. The number of piperidine rings is 1. The highest BCUT2D eigenvalue weighted by molar-refractivity contribution is 5.90. The number of carbonyl (C=O) groups is 1. The summed E-state index contributed by atoms with van der Waals surface area (Å²) in [4.78, 5) is 15.3. The van der Waals surface area contributed by atoms with Crippen LogP contribution in [0, 0.1) is 0 Å². The van der Waals surface area contributed by atoms with Gasteiger partial charge in [0.1, 0.15) is 0 Å². The molecule has 3 nitrogen and oxygen atoms in total. The van der Waals surface area contributed by atoms with Gasteiger partial charge in [-0.2, -0.15) is 0 Å². The van der Waals surface area contributed by atoms with E-state index < -0.39 is 5.41 Å². The van der Waals surface area contributed by atoms with E-state index in [0.29, 0.717) is 0 Å². The third-order valence-electron chi connectivity index (χ3n) is 5.78. The molecule has 0 spiro atoms. The van der Waals surface area contributed by atoms with Crippen molar-refractivity contribution in [3.63, 3.8) is 0 Å². The Balaban J connectivity index is 1.91. The van der Waals surface area contributed by atoms with E-state index in [1.54, 1.807) is 0 Å². The van der Waals surface area contributed by atoms with Gasteiger partial charge in [-0.05, 0) is 70.1 Å². The van der Waals surface area contributed by atoms with Gasteiger partial charge in [0.05, 0.1) is 5.41 Å². The first-order chi connectivity index (χ1) is 11.7. The summed E-state index contributed by atoms with van der Waals surface area (Å²) in [6.45, 7) is 3.26. The summed E-state index contributed by atoms with van der Waals surface area (Å²) in [5.41, 5.74) is 7.75. The summed E-state index contributed by atoms with van der Waals surface area (Å²) in [5, 5.41) is 0. The first kappa shape index (κ1) is 17.2. The van der Waals surface area contributed by atoms with Crippen LogP contribution in [0.3, 0.4) is 0 Å². The second-order valence-electron chi connectivity index (χ2n) is 7.26. The summed E-state index contributed by atoms with van der Waals surface area (Å²) in [6, 6.07) is 10.2. The maximum Gasteiger partial charge on any atom is 0.232 e. The van der Waals surface area contributed by atoms with E-state index in [1.165, 1.54) is 31.3 Å². The lowest BCUT2D eigenvalue weighted by Gasteiger charge is -2.38. The smallest absolute Gasteiger partial charge is 0.232 e. The summed E-state index contributed by atoms with van der Waals surface area (Å²) in [6.07, 6.45) is 11.4. The number of hydrogen-bond donors (Lipinski definition) is 1. The number of allylic oxidation sites excluding steroid dienone is 1. The van der Waals surface area contributed by atoms with Crippen molar-refractivity contribution in [2.75, 3.05) is 19.6 Å². The van der Waals surface area contributed by atoms with Gasteiger partial charge < -0.3 is 10.6 Å². The van der Waals surface area contributed by atoms with E-state index in [9.17, 15) is 4.79 Å². The fraction of sp³-hybridized carbons (Fsp3) is 0.571. The minimum absolute atomic E-state index is 0.182. The molecule has 1 atom stereocenters. The molecule has 0 saturated carbocycles. The molecule has 0 radical (unpaired) electrons. The molecule has 1 aliphatic carbocycles. The van der Waals surface area contributed by atoms with Gasteiger partial charge in [0, 0.05) is 0 Å². The molecule has 1 amide bonds. The van der Waals surface area contributed by atoms with E-state index >= 15 is 0 Å². The average Bonchev–Trinajstić information content (AvgIpc) is 2.65. The molecule has 1 unspecified atom stereocenters. The molecule has 1 aromatic rings. The summed E-state index contributed by atoms with van der Waals surface area (Å²) in [5.74, 6) is -0.182. The van der Waals surface area contributed by atoms with E-state index in [1.807, 2.05) is 18.2 Å². The first-order valence-electron chi connectivity index (χ1n) is 9.51. The Kier molecular flexibility index (Phi) is 5.72. The van der Waals surface area contributed by atoms with Crippen LogP contribution in [0.4, 0.5) is 0 Å². The minimum atomic E-state index is -0.626. The molecule has 3 heteroatoms. The van der Waals surface area contributed by atoms with Crippen molar-refractivity contribution in [3.8, 4) is 0 Å². The lowest BCUT2D eigenvalue weighted by atomic mass is 9.68. The van der Waals surface area contributed by atoms with E-state index in [2.05, 4.69) is 23.1 Å². The number of likely N-dealkylation sites (tertiary alicyclic amines) is 1. The third kappa shape index (κ3) is 3.56. The molecule has 2 N–H and O–H groups in total. The van der Waals surface area contributed by atoms with Gasteiger partial charge in [0.15, 0.2) is 0 Å². The molecule has 1 saturated heterocycles. The predicted molar refractivity (Wildman–Crippen MR) is 98.8 cm³/mol. The minimum Gasteiger partial charge on any atom is -0.369 e. The van der Waals surface area contributed by atoms with Crippen LogP contribution < -0.4 is 5.73 Å². The molecule has 1 aromatic carbocycles. The molecule has 24 heavy (non-hydrogen) atoms. The van der Waals surface area contributed by atoms with Gasteiger partial charge in [-0.15, -0.1) is 0 Å². The van der Waals surface area contributed by atoms with E-state index in [-0.39, 0.29) is 5.91 Å². The lowest BCUT2D eigenvalue weighted by Crippen LogP contribution is -2.46. The number of primary amides is 1. The molecule has 2 aliphatic rings. The number of amides is 1. The number of nitrogens with two attached hydrogens (primary N) is 1. The number of nitrogens with zero attached hydrogens (tertiary/aromatic N) is 1. The van der Waals surface area contributed by atoms with Crippen molar-refractivity contribution >= 4 is 5.91 Å². The van der Waals surface area contributed by atoms with Crippen molar-refractivity contribution in [1.82, 2.24) is 4.90 Å². The second kappa shape index (κ2) is 7.98. The van der Waals surface area contributed by atoms with Gasteiger partial charge in [0.25, 0.3) is 0 Å². The fourth-order valence-electron chi connectivity index (χ4n) is 4.37. The molecule has 0 aromatic heterocycles.